The SMILES string of the molecule is C=CCOc1ccccc1CNC1CCN(C)CC1C. The van der Waals surface area contributed by atoms with E-state index in [1.165, 1.54) is 25.1 Å². The summed E-state index contributed by atoms with van der Waals surface area (Å²) >= 11 is 0. The van der Waals surface area contributed by atoms with Gasteiger partial charge in [-0.25, -0.2) is 0 Å². The van der Waals surface area contributed by atoms with Gasteiger partial charge in [0.1, 0.15) is 12.4 Å². The van der Waals surface area contributed by atoms with Gasteiger partial charge in [0.2, 0.25) is 0 Å². The first-order chi connectivity index (χ1) is 9.70. The lowest BCUT2D eigenvalue weighted by atomic mass is 9.94. The number of nitrogens with one attached hydrogen (secondary N) is 1. The second-order valence-electron chi connectivity index (χ2n) is 5.72. The Morgan fingerprint density at radius 1 is 1.45 bits per heavy atom. The number of rotatable bonds is 6. The quantitative estimate of drug-likeness (QED) is 0.807. The summed E-state index contributed by atoms with van der Waals surface area (Å²) in [6.45, 7) is 9.80. The molecule has 1 aliphatic rings. The van der Waals surface area contributed by atoms with E-state index in [1.54, 1.807) is 6.08 Å². The molecule has 1 N–H and O–H groups in total. The highest BCUT2D eigenvalue weighted by Crippen LogP contribution is 2.20. The zero-order valence-electron chi connectivity index (χ0n) is 12.6. The van der Waals surface area contributed by atoms with Crippen LogP contribution < -0.4 is 10.1 Å². The van der Waals surface area contributed by atoms with Crippen LogP contribution in [0.15, 0.2) is 36.9 Å². The molecule has 0 aromatic heterocycles. The van der Waals surface area contributed by atoms with Crippen LogP contribution in [-0.4, -0.2) is 37.7 Å². The maximum atomic E-state index is 5.70. The molecule has 2 rings (SSSR count). The predicted octanol–water partition coefficient (Wildman–Crippen LogP) is 2.68. The zero-order chi connectivity index (χ0) is 14.4. The van der Waals surface area contributed by atoms with Gasteiger partial charge in [-0.05, 0) is 32.0 Å². The Morgan fingerprint density at radius 3 is 3.00 bits per heavy atom. The van der Waals surface area contributed by atoms with Crippen molar-refractivity contribution in [3.05, 3.63) is 42.5 Å². The smallest absolute Gasteiger partial charge is 0.124 e. The summed E-state index contributed by atoms with van der Waals surface area (Å²) in [6, 6.07) is 8.83. The van der Waals surface area contributed by atoms with E-state index in [9.17, 15) is 0 Å². The third kappa shape index (κ3) is 4.09. The molecule has 0 bridgehead atoms. The average Bonchev–Trinajstić information content (AvgIpc) is 2.45. The van der Waals surface area contributed by atoms with Crippen LogP contribution in [0.4, 0.5) is 0 Å². The lowest BCUT2D eigenvalue weighted by Crippen LogP contribution is -2.46. The van der Waals surface area contributed by atoms with Crippen LogP contribution in [0.1, 0.15) is 18.9 Å². The normalized spacial score (nSPS) is 23.5. The molecule has 20 heavy (non-hydrogen) atoms. The number of hydrogen-bond acceptors (Lipinski definition) is 3. The van der Waals surface area contributed by atoms with Crippen molar-refractivity contribution in [2.45, 2.75) is 25.9 Å². The first-order valence-electron chi connectivity index (χ1n) is 7.44. The van der Waals surface area contributed by atoms with Crippen molar-refractivity contribution < 1.29 is 4.74 Å². The highest BCUT2D eigenvalue weighted by molar-refractivity contribution is 5.33. The van der Waals surface area contributed by atoms with Gasteiger partial charge < -0.3 is 15.0 Å². The van der Waals surface area contributed by atoms with Gasteiger partial charge in [0.05, 0.1) is 0 Å². The molecule has 110 valence electrons. The monoisotopic (exact) mass is 274 g/mol. The van der Waals surface area contributed by atoms with Gasteiger partial charge in [0.25, 0.3) is 0 Å². The Hall–Kier alpha value is -1.32. The summed E-state index contributed by atoms with van der Waals surface area (Å²) in [5.41, 5.74) is 1.22. The van der Waals surface area contributed by atoms with E-state index in [-0.39, 0.29) is 0 Å². The van der Waals surface area contributed by atoms with Crippen LogP contribution in [0.25, 0.3) is 0 Å². The van der Waals surface area contributed by atoms with Gasteiger partial charge in [0, 0.05) is 24.7 Å². The van der Waals surface area contributed by atoms with Crippen LogP contribution >= 0.6 is 0 Å². The van der Waals surface area contributed by atoms with E-state index in [0.717, 1.165) is 12.3 Å². The van der Waals surface area contributed by atoms with Crippen molar-refractivity contribution in [2.24, 2.45) is 5.92 Å². The fraction of sp³-hybridized carbons (Fsp3) is 0.529. The Labute approximate surface area is 122 Å². The summed E-state index contributed by atoms with van der Waals surface area (Å²) < 4.78 is 5.70. The van der Waals surface area contributed by atoms with Gasteiger partial charge in [-0.1, -0.05) is 37.8 Å². The lowest BCUT2D eigenvalue weighted by molar-refractivity contribution is 0.174. The molecule has 0 saturated carbocycles. The maximum absolute atomic E-state index is 5.70. The molecule has 3 heteroatoms. The Balaban J connectivity index is 1.91. The van der Waals surface area contributed by atoms with Crippen LogP contribution in [-0.2, 0) is 6.54 Å². The second-order valence-corrected chi connectivity index (χ2v) is 5.72. The van der Waals surface area contributed by atoms with Crippen molar-refractivity contribution in [1.82, 2.24) is 10.2 Å². The highest BCUT2D eigenvalue weighted by Gasteiger charge is 2.23. The lowest BCUT2D eigenvalue weighted by Gasteiger charge is -2.35. The van der Waals surface area contributed by atoms with E-state index in [4.69, 9.17) is 4.74 Å². The van der Waals surface area contributed by atoms with Crippen LogP contribution in [0.5, 0.6) is 5.75 Å². The summed E-state index contributed by atoms with van der Waals surface area (Å²) in [7, 11) is 2.20. The molecular formula is C17H26N2O. The Bertz CT molecular complexity index is 433. The number of piperidine rings is 1. The molecule has 0 aliphatic carbocycles. The zero-order valence-corrected chi connectivity index (χ0v) is 12.6. The molecule has 1 aromatic carbocycles. The van der Waals surface area contributed by atoms with Gasteiger partial charge in [-0.2, -0.15) is 0 Å². The van der Waals surface area contributed by atoms with Crippen molar-refractivity contribution in [2.75, 3.05) is 26.7 Å². The number of ether oxygens (including phenoxy) is 1. The van der Waals surface area contributed by atoms with Gasteiger partial charge in [0.15, 0.2) is 0 Å². The topological polar surface area (TPSA) is 24.5 Å². The molecule has 0 amide bonds. The van der Waals surface area contributed by atoms with Crippen molar-refractivity contribution in [3.63, 3.8) is 0 Å². The number of para-hydroxylation sites is 1. The molecule has 2 atom stereocenters. The number of hydrogen-bond donors (Lipinski definition) is 1. The average molecular weight is 274 g/mol. The molecule has 1 heterocycles. The van der Waals surface area contributed by atoms with E-state index < -0.39 is 0 Å². The van der Waals surface area contributed by atoms with Gasteiger partial charge >= 0.3 is 0 Å². The summed E-state index contributed by atoms with van der Waals surface area (Å²) in [4.78, 5) is 2.41. The largest absolute Gasteiger partial charge is 0.489 e. The third-order valence-electron chi connectivity index (χ3n) is 3.99. The molecule has 0 spiro atoms. The first-order valence-corrected chi connectivity index (χ1v) is 7.44. The molecule has 1 aromatic rings. The van der Waals surface area contributed by atoms with Crippen LogP contribution in [0, 0.1) is 5.92 Å². The maximum Gasteiger partial charge on any atom is 0.124 e. The van der Waals surface area contributed by atoms with E-state index >= 15 is 0 Å². The Morgan fingerprint density at radius 2 is 2.25 bits per heavy atom. The van der Waals surface area contributed by atoms with Crippen molar-refractivity contribution in [3.8, 4) is 5.75 Å². The number of benzene rings is 1. The standard InChI is InChI=1S/C17H26N2O/c1-4-11-20-17-8-6-5-7-15(17)12-18-16-9-10-19(3)13-14(16)2/h4-8,14,16,18H,1,9-13H2,2-3H3. The summed E-state index contributed by atoms with van der Waals surface area (Å²) in [5.74, 6) is 1.65. The van der Waals surface area contributed by atoms with Crippen LogP contribution in [0.2, 0.25) is 0 Å². The minimum Gasteiger partial charge on any atom is -0.489 e. The highest BCUT2D eigenvalue weighted by atomic mass is 16.5. The molecule has 3 nitrogen and oxygen atoms in total. The molecule has 1 saturated heterocycles. The van der Waals surface area contributed by atoms with Crippen molar-refractivity contribution >= 4 is 0 Å². The minimum absolute atomic E-state index is 0.557. The molecule has 0 radical (unpaired) electrons. The Kier molecular flexibility index (Phi) is 5.62. The fourth-order valence-electron chi connectivity index (χ4n) is 2.84. The van der Waals surface area contributed by atoms with E-state index in [1.807, 2.05) is 12.1 Å². The van der Waals surface area contributed by atoms with E-state index in [0.29, 0.717) is 18.6 Å². The predicted molar refractivity (Wildman–Crippen MR) is 84.0 cm³/mol. The molecule has 1 fully saturated rings. The van der Waals surface area contributed by atoms with Gasteiger partial charge in [-0.3, -0.25) is 0 Å². The summed E-state index contributed by atoms with van der Waals surface area (Å²) in [5, 5.41) is 3.69. The minimum atomic E-state index is 0.557. The molecule has 2 unspecified atom stereocenters. The fourth-order valence-corrected chi connectivity index (χ4v) is 2.84. The second kappa shape index (κ2) is 7.46. The van der Waals surface area contributed by atoms with Crippen LogP contribution in [0.3, 0.4) is 0 Å². The number of nitrogens with zero attached hydrogens (tertiary/aromatic N) is 1. The van der Waals surface area contributed by atoms with Gasteiger partial charge in [-0.15, -0.1) is 0 Å². The number of likely N-dealkylation sites (tertiary alicyclic amines) is 1. The molecular weight excluding hydrogens is 248 g/mol. The first kappa shape index (κ1) is 15.1. The van der Waals surface area contributed by atoms with Crippen molar-refractivity contribution in [1.29, 1.82) is 0 Å². The van der Waals surface area contributed by atoms with E-state index in [2.05, 4.69) is 42.9 Å². The molecule has 1 aliphatic heterocycles. The summed E-state index contributed by atoms with van der Waals surface area (Å²) in [6.07, 6.45) is 3.00. The third-order valence-corrected chi connectivity index (χ3v) is 3.99.